The molecule has 162 valence electrons. The molecule has 0 spiro atoms. The van der Waals surface area contributed by atoms with E-state index in [1.54, 1.807) is 0 Å². The Morgan fingerprint density at radius 2 is 1.54 bits per heavy atom. The Kier molecular flexibility index (Phi) is 13.6. The van der Waals surface area contributed by atoms with Crippen molar-refractivity contribution >= 4 is 11.9 Å². The monoisotopic (exact) mass is 398 g/mol. The van der Waals surface area contributed by atoms with Gasteiger partial charge in [0.2, 0.25) is 6.29 Å². The molecule has 1 N–H and O–H groups in total. The Balaban J connectivity index is 4.81. The van der Waals surface area contributed by atoms with E-state index in [4.69, 9.17) is 14.2 Å². The van der Waals surface area contributed by atoms with Crippen LogP contribution in [0.3, 0.4) is 0 Å². The predicted octanol–water partition coefficient (Wildman–Crippen LogP) is 4.27. The SMILES string of the molecule is CCC(C)CC(CC(C)CC)(C(=O)O)C(=O)OCCCCC#CC(OC)OC. The summed E-state index contributed by atoms with van der Waals surface area (Å²) < 4.78 is 15.4. The van der Waals surface area contributed by atoms with Gasteiger partial charge in [0.05, 0.1) is 6.61 Å². The van der Waals surface area contributed by atoms with Crippen LogP contribution in [0.1, 0.15) is 72.6 Å². The van der Waals surface area contributed by atoms with Gasteiger partial charge in [0.25, 0.3) is 0 Å². The quantitative estimate of drug-likeness (QED) is 0.155. The summed E-state index contributed by atoms with van der Waals surface area (Å²) in [4.78, 5) is 24.9. The number of methoxy groups -OCH3 is 2. The molecule has 0 aromatic rings. The van der Waals surface area contributed by atoms with Crippen molar-refractivity contribution in [1.82, 2.24) is 0 Å². The molecule has 0 aliphatic heterocycles. The highest BCUT2D eigenvalue weighted by Crippen LogP contribution is 2.37. The largest absolute Gasteiger partial charge is 0.480 e. The van der Waals surface area contributed by atoms with Gasteiger partial charge in [-0.25, -0.2) is 0 Å². The molecule has 0 saturated heterocycles. The molecular weight excluding hydrogens is 360 g/mol. The molecular formula is C22H38O6. The fraction of sp³-hybridized carbons (Fsp3) is 0.818. The summed E-state index contributed by atoms with van der Waals surface area (Å²) >= 11 is 0. The molecule has 0 aliphatic carbocycles. The van der Waals surface area contributed by atoms with Crippen LogP contribution >= 0.6 is 0 Å². The van der Waals surface area contributed by atoms with E-state index in [0.29, 0.717) is 25.7 Å². The van der Waals surface area contributed by atoms with Crippen molar-refractivity contribution in [3.63, 3.8) is 0 Å². The maximum absolute atomic E-state index is 12.8. The summed E-state index contributed by atoms with van der Waals surface area (Å²) in [6.07, 6.45) is 3.74. The fourth-order valence-electron chi connectivity index (χ4n) is 2.98. The summed E-state index contributed by atoms with van der Waals surface area (Å²) in [6.45, 7) is 8.17. The van der Waals surface area contributed by atoms with Crippen LogP contribution in [0.25, 0.3) is 0 Å². The van der Waals surface area contributed by atoms with Crippen LogP contribution in [0.5, 0.6) is 0 Å². The molecule has 0 bridgehead atoms. The van der Waals surface area contributed by atoms with E-state index >= 15 is 0 Å². The van der Waals surface area contributed by atoms with Crippen molar-refractivity contribution in [1.29, 1.82) is 0 Å². The Labute approximate surface area is 170 Å². The van der Waals surface area contributed by atoms with E-state index in [-0.39, 0.29) is 18.4 Å². The molecule has 0 radical (unpaired) electrons. The van der Waals surface area contributed by atoms with Crippen LogP contribution < -0.4 is 0 Å². The molecule has 0 aromatic carbocycles. The average molecular weight is 399 g/mol. The van der Waals surface area contributed by atoms with Gasteiger partial charge in [0.1, 0.15) is 0 Å². The first-order valence-corrected chi connectivity index (χ1v) is 10.2. The molecule has 0 amide bonds. The fourth-order valence-corrected chi connectivity index (χ4v) is 2.98. The van der Waals surface area contributed by atoms with Crippen LogP contribution in [-0.2, 0) is 23.8 Å². The van der Waals surface area contributed by atoms with Gasteiger partial charge in [-0.05, 0) is 43.4 Å². The molecule has 0 aromatic heterocycles. The van der Waals surface area contributed by atoms with Gasteiger partial charge in [-0.15, -0.1) is 0 Å². The van der Waals surface area contributed by atoms with E-state index in [9.17, 15) is 14.7 Å². The lowest BCUT2D eigenvalue weighted by Crippen LogP contribution is -2.43. The Hall–Kier alpha value is -1.58. The van der Waals surface area contributed by atoms with Crippen LogP contribution in [0, 0.1) is 29.1 Å². The Bertz CT molecular complexity index is 503. The summed E-state index contributed by atoms with van der Waals surface area (Å²) in [5.74, 6) is 4.38. The van der Waals surface area contributed by atoms with Crippen molar-refractivity contribution in [3.8, 4) is 11.8 Å². The lowest BCUT2D eigenvalue weighted by Gasteiger charge is -2.31. The molecule has 6 heteroatoms. The number of ether oxygens (including phenoxy) is 3. The number of carboxylic acid groups (broad SMARTS) is 1. The highest BCUT2D eigenvalue weighted by molar-refractivity contribution is 5.99. The summed E-state index contributed by atoms with van der Waals surface area (Å²) in [5.41, 5.74) is -1.46. The maximum atomic E-state index is 12.8. The van der Waals surface area contributed by atoms with Gasteiger partial charge in [-0.1, -0.05) is 46.5 Å². The maximum Gasteiger partial charge on any atom is 0.323 e. The zero-order valence-corrected chi connectivity index (χ0v) is 18.4. The third-order valence-electron chi connectivity index (χ3n) is 5.17. The molecule has 2 unspecified atom stereocenters. The number of carboxylic acids is 1. The lowest BCUT2D eigenvalue weighted by atomic mass is 9.72. The van der Waals surface area contributed by atoms with E-state index in [1.165, 1.54) is 14.2 Å². The minimum atomic E-state index is -1.46. The van der Waals surface area contributed by atoms with Crippen LogP contribution in [0.2, 0.25) is 0 Å². The van der Waals surface area contributed by atoms with Crippen molar-refractivity contribution in [2.75, 3.05) is 20.8 Å². The Morgan fingerprint density at radius 1 is 1.00 bits per heavy atom. The minimum absolute atomic E-state index is 0.137. The smallest absolute Gasteiger partial charge is 0.323 e. The summed E-state index contributed by atoms with van der Waals surface area (Å²) in [6, 6.07) is 0. The standard InChI is InChI=1S/C22H38O6/c1-7-17(3)15-22(20(23)24,16-18(4)8-2)21(25)28-14-12-10-9-11-13-19(26-5)27-6/h17-19H,7-10,12,14-16H2,1-6H3,(H,23,24). The highest BCUT2D eigenvalue weighted by Gasteiger charge is 2.48. The first-order chi connectivity index (χ1) is 13.3. The first-order valence-electron chi connectivity index (χ1n) is 10.2. The third kappa shape index (κ3) is 9.07. The van der Waals surface area contributed by atoms with E-state index in [2.05, 4.69) is 11.8 Å². The molecule has 0 fully saturated rings. The number of carbonyl (C=O) groups excluding carboxylic acids is 1. The van der Waals surface area contributed by atoms with Gasteiger partial charge in [-0.3, -0.25) is 9.59 Å². The van der Waals surface area contributed by atoms with Gasteiger partial charge >= 0.3 is 11.9 Å². The second kappa shape index (κ2) is 14.4. The summed E-state index contributed by atoms with van der Waals surface area (Å²) in [5, 5.41) is 9.91. The molecule has 28 heavy (non-hydrogen) atoms. The lowest BCUT2D eigenvalue weighted by molar-refractivity contribution is -0.172. The third-order valence-corrected chi connectivity index (χ3v) is 5.17. The number of aliphatic carboxylic acids is 1. The van der Waals surface area contributed by atoms with E-state index < -0.39 is 23.6 Å². The van der Waals surface area contributed by atoms with Gasteiger partial charge < -0.3 is 19.3 Å². The van der Waals surface area contributed by atoms with E-state index in [0.717, 1.165) is 19.3 Å². The second-order valence-electron chi connectivity index (χ2n) is 7.54. The topological polar surface area (TPSA) is 82.1 Å². The molecule has 0 heterocycles. The number of unbranched alkanes of at least 4 members (excludes halogenated alkanes) is 2. The van der Waals surface area contributed by atoms with Crippen LogP contribution in [-0.4, -0.2) is 44.2 Å². The molecule has 0 aliphatic rings. The Morgan fingerprint density at radius 3 is 1.96 bits per heavy atom. The van der Waals surface area contributed by atoms with Gasteiger partial charge in [-0.2, -0.15) is 0 Å². The van der Waals surface area contributed by atoms with Crippen LogP contribution in [0.4, 0.5) is 0 Å². The van der Waals surface area contributed by atoms with Gasteiger partial charge in [0.15, 0.2) is 5.41 Å². The number of carbonyl (C=O) groups is 2. The normalized spacial score (nSPS) is 15.2. The number of hydrogen-bond donors (Lipinski definition) is 1. The van der Waals surface area contributed by atoms with Crippen LogP contribution in [0.15, 0.2) is 0 Å². The minimum Gasteiger partial charge on any atom is -0.480 e. The number of hydrogen-bond acceptors (Lipinski definition) is 5. The number of rotatable bonds is 14. The highest BCUT2D eigenvalue weighted by atomic mass is 16.7. The van der Waals surface area contributed by atoms with Crippen molar-refractivity contribution < 1.29 is 28.9 Å². The number of esters is 1. The second-order valence-corrected chi connectivity index (χ2v) is 7.54. The molecule has 0 rings (SSSR count). The predicted molar refractivity (Wildman–Crippen MR) is 109 cm³/mol. The zero-order chi connectivity index (χ0) is 21.6. The molecule has 2 atom stereocenters. The zero-order valence-electron chi connectivity index (χ0n) is 18.4. The van der Waals surface area contributed by atoms with Gasteiger partial charge in [0, 0.05) is 20.6 Å². The van der Waals surface area contributed by atoms with Crippen molar-refractivity contribution in [2.45, 2.75) is 78.9 Å². The van der Waals surface area contributed by atoms with Crippen molar-refractivity contribution in [3.05, 3.63) is 0 Å². The van der Waals surface area contributed by atoms with E-state index in [1.807, 2.05) is 27.7 Å². The average Bonchev–Trinajstić information content (AvgIpc) is 2.68. The summed E-state index contributed by atoms with van der Waals surface area (Å²) in [7, 11) is 3.05. The first kappa shape index (κ1) is 26.4. The molecule has 6 nitrogen and oxygen atoms in total. The van der Waals surface area contributed by atoms with Crippen molar-refractivity contribution in [2.24, 2.45) is 17.3 Å². The molecule has 0 saturated carbocycles.